The van der Waals surface area contributed by atoms with Crippen LogP contribution >= 0.6 is 11.3 Å². The first-order valence-electron chi connectivity index (χ1n) is 8.29. The molecule has 1 heterocycles. The van der Waals surface area contributed by atoms with Crippen LogP contribution in [-0.2, 0) is 26.0 Å². The van der Waals surface area contributed by atoms with E-state index in [2.05, 4.69) is 5.32 Å². The summed E-state index contributed by atoms with van der Waals surface area (Å²) in [5.41, 5.74) is 0. The van der Waals surface area contributed by atoms with Crippen LogP contribution in [0.2, 0.25) is 0 Å². The molecule has 0 aliphatic carbocycles. The Balaban J connectivity index is 1.82. The molecule has 1 aromatic heterocycles. The maximum Gasteiger partial charge on any atom is 0.260 e. The van der Waals surface area contributed by atoms with Crippen molar-refractivity contribution in [1.29, 1.82) is 0 Å². The van der Waals surface area contributed by atoms with Crippen molar-refractivity contribution >= 4 is 33.0 Å². The van der Waals surface area contributed by atoms with Crippen LogP contribution in [0.25, 0.3) is 0 Å². The minimum Gasteiger partial charge on any atom is -0.484 e. The molecule has 0 radical (unpaired) electrons. The summed E-state index contributed by atoms with van der Waals surface area (Å²) in [6.45, 7) is 2.32. The molecule has 9 heteroatoms. The van der Waals surface area contributed by atoms with Crippen LogP contribution < -0.4 is 10.1 Å². The van der Waals surface area contributed by atoms with Crippen molar-refractivity contribution < 1.29 is 22.7 Å². The van der Waals surface area contributed by atoms with Gasteiger partial charge in [-0.15, -0.1) is 11.3 Å². The maximum atomic E-state index is 12.3. The molecule has 0 bridgehead atoms. The average molecular weight is 411 g/mol. The Morgan fingerprint density at radius 3 is 2.44 bits per heavy atom. The third-order valence-electron chi connectivity index (χ3n) is 3.72. The fourth-order valence-electron chi connectivity index (χ4n) is 2.22. The minimum absolute atomic E-state index is 0.0446. The average Bonchev–Trinajstić information content (AvgIpc) is 3.15. The number of hydrogen-bond acceptors (Lipinski definition) is 6. The maximum absolute atomic E-state index is 12.3. The second kappa shape index (κ2) is 9.52. The van der Waals surface area contributed by atoms with Crippen LogP contribution in [0, 0.1) is 0 Å². The van der Waals surface area contributed by atoms with E-state index in [1.165, 1.54) is 29.2 Å². The second-order valence-electron chi connectivity index (χ2n) is 5.80. The molecule has 0 fully saturated rings. The van der Waals surface area contributed by atoms with E-state index >= 15 is 0 Å². The smallest absolute Gasteiger partial charge is 0.260 e. The van der Waals surface area contributed by atoms with Gasteiger partial charge in [-0.2, -0.15) is 0 Å². The predicted octanol–water partition coefficient (Wildman–Crippen LogP) is 1.70. The first kappa shape index (κ1) is 20.9. The second-order valence-corrected chi connectivity index (χ2v) is 8.84. The number of rotatable bonds is 9. The highest BCUT2D eigenvalue weighted by atomic mass is 32.2. The third kappa shape index (κ3) is 6.69. The van der Waals surface area contributed by atoms with Gasteiger partial charge in [-0.1, -0.05) is 6.07 Å². The summed E-state index contributed by atoms with van der Waals surface area (Å²) in [4.78, 5) is 26.9. The van der Waals surface area contributed by atoms with E-state index in [-0.39, 0.29) is 29.9 Å². The summed E-state index contributed by atoms with van der Waals surface area (Å²) in [6.07, 6.45) is 1.12. The van der Waals surface area contributed by atoms with Gasteiger partial charge >= 0.3 is 0 Å². The molecule has 2 aromatic rings. The zero-order valence-corrected chi connectivity index (χ0v) is 16.8. The summed E-state index contributed by atoms with van der Waals surface area (Å²) in [6, 6.07) is 9.67. The van der Waals surface area contributed by atoms with Gasteiger partial charge in [0, 0.05) is 17.7 Å². The molecule has 0 saturated carbocycles. The first-order chi connectivity index (χ1) is 12.8. The lowest BCUT2D eigenvalue weighted by Gasteiger charge is -2.20. The molecule has 0 unspecified atom stereocenters. The van der Waals surface area contributed by atoms with E-state index in [4.69, 9.17) is 4.74 Å². The van der Waals surface area contributed by atoms with E-state index in [0.29, 0.717) is 18.8 Å². The molecule has 0 spiro atoms. The lowest BCUT2D eigenvalue weighted by Crippen LogP contribution is -2.42. The number of nitrogens with zero attached hydrogens (tertiary/aromatic N) is 1. The van der Waals surface area contributed by atoms with Crippen LogP contribution in [0.3, 0.4) is 0 Å². The molecule has 7 nitrogen and oxygen atoms in total. The SMILES string of the molecule is CCN(CC(=O)NCc1cccs1)C(=O)COc1ccc(S(C)(=O)=O)cc1. The Hall–Kier alpha value is -2.39. The van der Waals surface area contributed by atoms with Gasteiger partial charge in [0.05, 0.1) is 18.0 Å². The zero-order valence-electron chi connectivity index (χ0n) is 15.2. The molecule has 0 aliphatic rings. The lowest BCUT2D eigenvalue weighted by atomic mass is 10.3. The number of benzene rings is 1. The number of amides is 2. The van der Waals surface area contributed by atoms with Gasteiger partial charge in [-0.25, -0.2) is 8.42 Å². The Morgan fingerprint density at radius 2 is 1.89 bits per heavy atom. The quantitative estimate of drug-likeness (QED) is 0.679. The highest BCUT2D eigenvalue weighted by molar-refractivity contribution is 7.90. The van der Waals surface area contributed by atoms with E-state index in [9.17, 15) is 18.0 Å². The fourth-order valence-corrected chi connectivity index (χ4v) is 3.50. The highest BCUT2D eigenvalue weighted by Gasteiger charge is 2.16. The molecular formula is C18H22N2O5S2. The Labute approximate surface area is 162 Å². The van der Waals surface area contributed by atoms with Crippen LogP contribution in [0.1, 0.15) is 11.8 Å². The van der Waals surface area contributed by atoms with Crippen LogP contribution in [0.4, 0.5) is 0 Å². The summed E-state index contributed by atoms with van der Waals surface area (Å²) in [7, 11) is -3.28. The molecule has 1 aromatic carbocycles. The van der Waals surface area contributed by atoms with Crippen molar-refractivity contribution in [2.75, 3.05) is 26.0 Å². The van der Waals surface area contributed by atoms with E-state index in [0.717, 1.165) is 11.1 Å². The number of nitrogens with one attached hydrogen (secondary N) is 1. The normalized spacial score (nSPS) is 11.0. The largest absolute Gasteiger partial charge is 0.484 e. The minimum atomic E-state index is -3.28. The van der Waals surface area contributed by atoms with E-state index in [1.807, 2.05) is 17.5 Å². The number of carbonyl (C=O) groups is 2. The molecule has 2 amide bonds. The Morgan fingerprint density at radius 1 is 1.19 bits per heavy atom. The molecular weight excluding hydrogens is 388 g/mol. The van der Waals surface area contributed by atoms with Gasteiger partial charge in [0.15, 0.2) is 16.4 Å². The number of sulfone groups is 1. The van der Waals surface area contributed by atoms with E-state index < -0.39 is 9.84 Å². The first-order valence-corrected chi connectivity index (χ1v) is 11.1. The molecule has 146 valence electrons. The summed E-state index contributed by atoms with van der Waals surface area (Å²) in [5, 5.41) is 4.71. The van der Waals surface area contributed by atoms with Crippen molar-refractivity contribution in [2.45, 2.75) is 18.4 Å². The summed E-state index contributed by atoms with van der Waals surface area (Å²) in [5.74, 6) is -0.180. The molecule has 2 rings (SSSR count). The summed E-state index contributed by atoms with van der Waals surface area (Å²) >= 11 is 1.55. The van der Waals surface area contributed by atoms with Crippen LogP contribution in [0.15, 0.2) is 46.7 Å². The Bertz CT molecular complexity index is 862. The van der Waals surface area contributed by atoms with Gasteiger partial charge in [-0.3, -0.25) is 9.59 Å². The monoisotopic (exact) mass is 410 g/mol. The molecule has 1 N–H and O–H groups in total. The number of ether oxygens (including phenoxy) is 1. The molecule has 0 saturated heterocycles. The van der Waals surface area contributed by atoms with Crippen molar-refractivity contribution in [2.24, 2.45) is 0 Å². The topological polar surface area (TPSA) is 92.8 Å². The van der Waals surface area contributed by atoms with Crippen LogP contribution in [0.5, 0.6) is 5.75 Å². The lowest BCUT2D eigenvalue weighted by molar-refractivity contribution is -0.137. The van der Waals surface area contributed by atoms with Crippen molar-refractivity contribution in [3.8, 4) is 5.75 Å². The highest BCUT2D eigenvalue weighted by Crippen LogP contribution is 2.15. The standard InChI is InChI=1S/C18H22N2O5S2/c1-3-20(12-17(21)19-11-15-5-4-10-26-15)18(22)13-25-14-6-8-16(9-7-14)27(2,23)24/h4-10H,3,11-13H2,1-2H3,(H,19,21). The van der Waals surface area contributed by atoms with Crippen LogP contribution in [-0.4, -0.2) is 51.1 Å². The number of hydrogen-bond donors (Lipinski definition) is 1. The molecule has 0 atom stereocenters. The third-order valence-corrected chi connectivity index (χ3v) is 5.73. The summed E-state index contributed by atoms with van der Waals surface area (Å²) < 4.78 is 28.3. The molecule has 0 aliphatic heterocycles. The fraction of sp³-hybridized carbons (Fsp3) is 0.333. The van der Waals surface area contributed by atoms with Crippen molar-refractivity contribution in [1.82, 2.24) is 10.2 Å². The van der Waals surface area contributed by atoms with Gasteiger partial charge < -0.3 is 15.0 Å². The Kier molecular flexibility index (Phi) is 7.37. The van der Waals surface area contributed by atoms with Crippen molar-refractivity contribution in [3.05, 3.63) is 46.7 Å². The molecule has 27 heavy (non-hydrogen) atoms. The number of thiophene rings is 1. The van der Waals surface area contributed by atoms with Gasteiger partial charge in [0.2, 0.25) is 5.91 Å². The van der Waals surface area contributed by atoms with E-state index in [1.54, 1.807) is 18.3 Å². The van der Waals surface area contributed by atoms with Gasteiger partial charge in [0.25, 0.3) is 5.91 Å². The number of likely N-dealkylation sites (N-methyl/N-ethyl adjacent to an activating group) is 1. The zero-order chi connectivity index (χ0) is 19.9. The van der Waals surface area contributed by atoms with Crippen molar-refractivity contribution in [3.63, 3.8) is 0 Å². The van der Waals surface area contributed by atoms with Gasteiger partial charge in [-0.05, 0) is 42.6 Å². The van der Waals surface area contributed by atoms with Gasteiger partial charge in [0.1, 0.15) is 5.75 Å². The predicted molar refractivity (Wildman–Crippen MR) is 103 cm³/mol. The number of carbonyl (C=O) groups excluding carboxylic acids is 2.